The van der Waals surface area contributed by atoms with Crippen molar-refractivity contribution in [2.75, 3.05) is 4.90 Å². The molecule has 2 nitrogen and oxygen atoms in total. The molecule has 0 fully saturated rings. The highest BCUT2D eigenvalue weighted by Gasteiger charge is 2.17. The summed E-state index contributed by atoms with van der Waals surface area (Å²) in [6.07, 6.45) is 0. The van der Waals surface area contributed by atoms with Crippen molar-refractivity contribution in [2.45, 2.75) is 0 Å². The van der Waals surface area contributed by atoms with Crippen LogP contribution < -0.4 is 4.90 Å². The summed E-state index contributed by atoms with van der Waals surface area (Å²) in [5.41, 5.74) is 9.84. The van der Waals surface area contributed by atoms with E-state index in [1.807, 2.05) is 34.8 Å². The van der Waals surface area contributed by atoms with Crippen LogP contribution in [0.25, 0.3) is 84.5 Å². The first-order chi connectivity index (χ1) is 25.7. The van der Waals surface area contributed by atoms with E-state index < -0.39 is 0 Å². The smallest absolute Gasteiger partial charge is 0.136 e. The number of nitrogens with zero attached hydrogens (tertiary/aromatic N) is 1. The lowest BCUT2D eigenvalue weighted by molar-refractivity contribution is 0.669. The molecule has 11 rings (SSSR count). The van der Waals surface area contributed by atoms with Crippen molar-refractivity contribution >= 4 is 102 Å². The number of rotatable bonds is 5. The Labute approximate surface area is 308 Å². The molecule has 0 atom stereocenters. The van der Waals surface area contributed by atoms with Crippen molar-refractivity contribution in [3.05, 3.63) is 176 Å². The molecule has 0 amide bonds. The van der Waals surface area contributed by atoms with E-state index in [4.69, 9.17) is 4.42 Å². The lowest BCUT2D eigenvalue weighted by Gasteiger charge is -2.26. The largest absolute Gasteiger partial charge is 0.456 e. The van der Waals surface area contributed by atoms with Crippen molar-refractivity contribution < 1.29 is 4.42 Å². The Kier molecular flexibility index (Phi) is 6.63. The summed E-state index contributed by atoms with van der Waals surface area (Å²) in [6.45, 7) is 0. The maximum absolute atomic E-state index is 6.28. The fraction of sp³-hybridized carbons (Fsp3) is 0. The predicted molar refractivity (Wildman–Crippen MR) is 225 cm³/mol. The van der Waals surface area contributed by atoms with Gasteiger partial charge in [-0.25, -0.2) is 0 Å². The van der Waals surface area contributed by atoms with Gasteiger partial charge in [-0.3, -0.25) is 0 Å². The fourth-order valence-electron chi connectivity index (χ4n) is 7.74. The number of para-hydroxylation sites is 1. The molecule has 11 aromatic rings. The maximum Gasteiger partial charge on any atom is 0.136 e. The van der Waals surface area contributed by atoms with Gasteiger partial charge in [-0.2, -0.15) is 0 Å². The zero-order valence-corrected chi connectivity index (χ0v) is 29.5. The molecular weight excluding hydrogens is 671 g/mol. The van der Waals surface area contributed by atoms with Crippen LogP contribution in [0.4, 0.5) is 17.1 Å². The van der Waals surface area contributed by atoms with Gasteiger partial charge in [-0.1, -0.05) is 97.1 Å². The van der Waals surface area contributed by atoms with Gasteiger partial charge in [0.25, 0.3) is 0 Å². The molecule has 0 unspecified atom stereocenters. The minimum Gasteiger partial charge on any atom is -0.456 e. The van der Waals surface area contributed by atoms with E-state index in [1.165, 1.54) is 51.5 Å². The molecule has 8 aromatic carbocycles. The van der Waals surface area contributed by atoms with E-state index in [-0.39, 0.29) is 0 Å². The summed E-state index contributed by atoms with van der Waals surface area (Å²) < 4.78 is 11.5. The highest BCUT2D eigenvalue weighted by Crippen LogP contribution is 2.43. The van der Waals surface area contributed by atoms with E-state index in [0.29, 0.717) is 0 Å². The van der Waals surface area contributed by atoms with E-state index in [9.17, 15) is 0 Å². The van der Waals surface area contributed by atoms with Crippen molar-refractivity contribution in [1.82, 2.24) is 0 Å². The van der Waals surface area contributed by atoms with E-state index in [1.54, 1.807) is 0 Å². The number of fused-ring (bicyclic) bond motifs is 9. The van der Waals surface area contributed by atoms with Crippen molar-refractivity contribution in [1.29, 1.82) is 0 Å². The minimum atomic E-state index is 0.903. The molecule has 0 radical (unpaired) electrons. The SMILES string of the molecule is c1cc(-c2ccc3c(c2)oc2ccccc23)cc(N(c2ccc(-c3ccc4sc5ccccc5c4c3)cc2)c2ccc3c(c2)sc2ccccc23)c1. The predicted octanol–water partition coefficient (Wildman–Crippen LogP) is 15.1. The normalized spacial score (nSPS) is 11.8. The molecule has 4 heteroatoms. The van der Waals surface area contributed by atoms with E-state index in [0.717, 1.165) is 50.1 Å². The van der Waals surface area contributed by atoms with Gasteiger partial charge < -0.3 is 9.32 Å². The molecule has 244 valence electrons. The van der Waals surface area contributed by atoms with Crippen molar-refractivity contribution in [3.8, 4) is 22.3 Å². The number of hydrogen-bond acceptors (Lipinski definition) is 4. The molecular formula is C48H29NOS2. The second kappa shape index (κ2) is 11.7. The first kappa shape index (κ1) is 29.5. The summed E-state index contributed by atoms with van der Waals surface area (Å²) in [7, 11) is 0. The van der Waals surface area contributed by atoms with Crippen LogP contribution in [0.1, 0.15) is 0 Å². The summed E-state index contributed by atoms with van der Waals surface area (Å²) in [5, 5.41) is 7.53. The lowest BCUT2D eigenvalue weighted by atomic mass is 10.0. The monoisotopic (exact) mass is 699 g/mol. The van der Waals surface area contributed by atoms with Crippen molar-refractivity contribution in [3.63, 3.8) is 0 Å². The third-order valence-electron chi connectivity index (χ3n) is 10.3. The highest BCUT2D eigenvalue weighted by molar-refractivity contribution is 7.26. The molecule has 0 saturated heterocycles. The molecule has 0 aliphatic heterocycles. The molecule has 3 heterocycles. The van der Waals surface area contributed by atoms with Crippen LogP contribution in [0.3, 0.4) is 0 Å². The van der Waals surface area contributed by atoms with Gasteiger partial charge in [-0.15, -0.1) is 22.7 Å². The zero-order valence-electron chi connectivity index (χ0n) is 27.9. The second-order valence-corrected chi connectivity index (χ2v) is 15.5. The van der Waals surface area contributed by atoms with Crippen LogP contribution in [0.15, 0.2) is 180 Å². The Morgan fingerprint density at radius 3 is 1.71 bits per heavy atom. The quantitative estimate of drug-likeness (QED) is 0.178. The Morgan fingerprint density at radius 1 is 0.308 bits per heavy atom. The van der Waals surface area contributed by atoms with Crippen LogP contribution in [-0.4, -0.2) is 0 Å². The Hall–Kier alpha value is -6.20. The molecule has 0 aliphatic rings. The second-order valence-electron chi connectivity index (χ2n) is 13.3. The number of furan rings is 1. The van der Waals surface area contributed by atoms with Gasteiger partial charge in [-0.05, 0) is 101 Å². The van der Waals surface area contributed by atoms with Crippen LogP contribution >= 0.6 is 22.7 Å². The average Bonchev–Trinajstić information content (AvgIpc) is 3.89. The topological polar surface area (TPSA) is 16.4 Å². The van der Waals surface area contributed by atoms with Gasteiger partial charge in [0.15, 0.2) is 0 Å². The number of anilines is 3. The average molecular weight is 700 g/mol. The summed E-state index contributed by atoms with van der Waals surface area (Å²) in [5.74, 6) is 0. The van der Waals surface area contributed by atoms with E-state index >= 15 is 0 Å². The van der Waals surface area contributed by atoms with Gasteiger partial charge in [0.1, 0.15) is 11.2 Å². The van der Waals surface area contributed by atoms with Gasteiger partial charge >= 0.3 is 0 Å². The standard InChI is InChI=1S/C48H29NOS2/c1-4-13-43-37(10-1)38-23-18-33(28-44(38)50-43)31-8-7-9-35(26-31)49(36-22-24-41-39-11-2-5-14-45(39)52-48(41)29-36)34-20-16-30(17-21-34)32-19-25-47-42(27-32)40-12-3-6-15-46(40)51-47/h1-29H. The molecule has 52 heavy (non-hydrogen) atoms. The molecule has 0 spiro atoms. The van der Waals surface area contributed by atoms with Crippen LogP contribution in [0.5, 0.6) is 0 Å². The third-order valence-corrected chi connectivity index (χ3v) is 12.6. The van der Waals surface area contributed by atoms with Gasteiger partial charge in [0.05, 0.1) is 0 Å². The molecule has 0 N–H and O–H groups in total. The zero-order chi connectivity index (χ0) is 34.2. The van der Waals surface area contributed by atoms with Gasteiger partial charge in [0, 0.05) is 68.2 Å². The van der Waals surface area contributed by atoms with Crippen LogP contribution in [0, 0.1) is 0 Å². The number of benzene rings is 8. The maximum atomic E-state index is 6.28. The third kappa shape index (κ3) is 4.76. The van der Waals surface area contributed by atoms with Crippen molar-refractivity contribution in [2.24, 2.45) is 0 Å². The van der Waals surface area contributed by atoms with E-state index in [2.05, 4.69) is 169 Å². The summed E-state index contributed by atoms with van der Waals surface area (Å²) >= 11 is 3.71. The molecule has 0 aliphatic carbocycles. The molecule has 0 saturated carbocycles. The first-order valence-corrected chi connectivity index (χ1v) is 19.1. The number of hydrogen-bond donors (Lipinski definition) is 0. The Morgan fingerprint density at radius 2 is 0.865 bits per heavy atom. The van der Waals surface area contributed by atoms with Gasteiger partial charge in [0.2, 0.25) is 0 Å². The van der Waals surface area contributed by atoms with Crippen LogP contribution in [-0.2, 0) is 0 Å². The summed E-state index contributed by atoms with van der Waals surface area (Å²) in [4.78, 5) is 2.38. The first-order valence-electron chi connectivity index (χ1n) is 17.5. The Balaban J connectivity index is 1.03. The van der Waals surface area contributed by atoms with Crippen LogP contribution in [0.2, 0.25) is 0 Å². The Bertz CT molecular complexity index is 3150. The number of thiophene rings is 2. The highest BCUT2D eigenvalue weighted by atomic mass is 32.1. The molecule has 3 aromatic heterocycles. The fourth-order valence-corrected chi connectivity index (χ4v) is 9.97. The summed E-state index contributed by atoms with van der Waals surface area (Å²) in [6, 6.07) is 63.8. The minimum absolute atomic E-state index is 0.903. The lowest BCUT2D eigenvalue weighted by Crippen LogP contribution is -2.09. The molecule has 0 bridgehead atoms.